The van der Waals surface area contributed by atoms with Crippen LogP contribution in [-0.4, -0.2) is 24.0 Å². The van der Waals surface area contributed by atoms with Gasteiger partial charge in [-0.1, -0.05) is 6.07 Å². The molecule has 1 aliphatic heterocycles. The number of aryl methyl sites for hydroxylation is 2. The van der Waals surface area contributed by atoms with Crippen molar-refractivity contribution in [3.05, 3.63) is 64.5 Å². The molecule has 0 aromatic heterocycles. The topological polar surface area (TPSA) is 155 Å². The van der Waals surface area contributed by atoms with E-state index < -0.39 is 21.0 Å². The first-order chi connectivity index (χ1) is 14.5. The molecule has 0 fully saturated rings. The van der Waals surface area contributed by atoms with E-state index in [-0.39, 0.29) is 16.5 Å². The lowest BCUT2D eigenvalue weighted by Gasteiger charge is -2.19. The van der Waals surface area contributed by atoms with Gasteiger partial charge < -0.3 is 20.7 Å². The highest BCUT2D eigenvalue weighted by molar-refractivity contribution is 7.86. The standard InChI is InChI=1S/C22H18N2O6S/c1-10-5-14-18(8-16(10)23)30-19-9-17(24)11(2)6-15(19)21(14)13-4-3-12(22(25)26)7-20(13)31(27,28)29/h3-9,23H,24H2,1-2H3,(H,25,26)(H,27,28,29). The smallest absolute Gasteiger partial charge is 0.335 e. The zero-order valence-corrected chi connectivity index (χ0v) is 17.4. The van der Waals surface area contributed by atoms with Crippen LogP contribution < -0.4 is 11.1 Å². The van der Waals surface area contributed by atoms with Crippen LogP contribution in [0.2, 0.25) is 0 Å². The van der Waals surface area contributed by atoms with Gasteiger partial charge in [0.1, 0.15) is 16.2 Å². The number of carbonyl (C=O) groups is 1. The van der Waals surface area contributed by atoms with Crippen LogP contribution in [-0.2, 0) is 10.1 Å². The van der Waals surface area contributed by atoms with Gasteiger partial charge in [0.05, 0.1) is 10.9 Å². The Bertz CT molecular complexity index is 1540. The van der Waals surface area contributed by atoms with Gasteiger partial charge in [-0.2, -0.15) is 8.42 Å². The van der Waals surface area contributed by atoms with E-state index >= 15 is 0 Å². The number of rotatable bonds is 3. The van der Waals surface area contributed by atoms with Crippen molar-refractivity contribution < 1.29 is 27.3 Å². The molecule has 0 atom stereocenters. The summed E-state index contributed by atoms with van der Waals surface area (Å²) in [4.78, 5) is 10.9. The molecule has 0 radical (unpaired) electrons. The predicted molar refractivity (Wildman–Crippen MR) is 115 cm³/mol. The maximum atomic E-state index is 12.2. The lowest BCUT2D eigenvalue weighted by molar-refractivity contribution is 0.0696. The summed E-state index contributed by atoms with van der Waals surface area (Å²) in [6, 6.07) is 10.1. The minimum absolute atomic E-state index is 0.111. The van der Waals surface area contributed by atoms with E-state index in [0.29, 0.717) is 39.1 Å². The zero-order chi connectivity index (χ0) is 22.7. The van der Waals surface area contributed by atoms with Crippen molar-refractivity contribution in [3.8, 4) is 22.5 Å². The summed E-state index contributed by atoms with van der Waals surface area (Å²) in [6.45, 7) is 3.53. The molecule has 0 unspecified atom stereocenters. The molecule has 4 rings (SSSR count). The molecule has 1 heterocycles. The van der Waals surface area contributed by atoms with Gasteiger partial charge in [-0.05, 0) is 49.2 Å². The summed E-state index contributed by atoms with van der Waals surface area (Å²) in [7, 11) is -4.77. The number of hydrogen-bond acceptors (Lipinski definition) is 6. The van der Waals surface area contributed by atoms with Crippen molar-refractivity contribution in [2.24, 2.45) is 0 Å². The minimum Gasteiger partial charge on any atom is -0.478 e. The third-order valence-corrected chi connectivity index (χ3v) is 6.12. The molecule has 9 heteroatoms. The van der Waals surface area contributed by atoms with E-state index in [1.54, 1.807) is 32.0 Å². The highest BCUT2D eigenvalue weighted by atomic mass is 32.2. The maximum absolute atomic E-state index is 12.2. The maximum Gasteiger partial charge on any atom is 0.335 e. The molecule has 158 valence electrons. The van der Waals surface area contributed by atoms with Gasteiger partial charge >= 0.3 is 5.97 Å². The first kappa shape index (κ1) is 20.6. The second-order valence-electron chi connectivity index (χ2n) is 7.34. The van der Waals surface area contributed by atoms with Crippen molar-refractivity contribution in [1.29, 1.82) is 5.41 Å². The number of anilines is 1. The van der Waals surface area contributed by atoms with E-state index in [1.807, 2.05) is 0 Å². The van der Waals surface area contributed by atoms with Crippen molar-refractivity contribution in [1.82, 2.24) is 0 Å². The van der Waals surface area contributed by atoms with Crippen LogP contribution in [0.15, 0.2) is 51.8 Å². The minimum atomic E-state index is -4.77. The molecule has 0 saturated carbocycles. The molecule has 0 saturated heterocycles. The molecule has 8 nitrogen and oxygen atoms in total. The highest BCUT2D eigenvalue weighted by Gasteiger charge is 2.25. The van der Waals surface area contributed by atoms with Crippen LogP contribution >= 0.6 is 0 Å². The van der Waals surface area contributed by atoms with Crippen LogP contribution in [0.5, 0.6) is 0 Å². The van der Waals surface area contributed by atoms with Crippen LogP contribution in [0.1, 0.15) is 21.5 Å². The number of hydrogen-bond donors (Lipinski definition) is 4. The Balaban J connectivity index is 2.27. The van der Waals surface area contributed by atoms with Crippen LogP contribution in [0.25, 0.3) is 33.4 Å². The van der Waals surface area contributed by atoms with Crippen LogP contribution in [0.4, 0.5) is 5.69 Å². The lowest BCUT2D eigenvalue weighted by Crippen LogP contribution is -2.08. The fourth-order valence-corrected chi connectivity index (χ4v) is 4.30. The van der Waals surface area contributed by atoms with Crippen LogP contribution in [0, 0.1) is 19.3 Å². The van der Waals surface area contributed by atoms with E-state index in [1.165, 1.54) is 18.2 Å². The van der Waals surface area contributed by atoms with Gasteiger partial charge in [0.2, 0.25) is 0 Å². The van der Waals surface area contributed by atoms with Gasteiger partial charge in [-0.3, -0.25) is 4.55 Å². The fourth-order valence-electron chi connectivity index (χ4n) is 3.58. The quantitative estimate of drug-likeness (QED) is 0.215. The summed E-state index contributed by atoms with van der Waals surface area (Å²) in [5.41, 5.74) is 8.98. The van der Waals surface area contributed by atoms with Gasteiger partial charge in [0.25, 0.3) is 10.1 Å². The number of nitrogens with two attached hydrogens (primary N) is 1. The normalized spacial score (nSPS) is 11.8. The molecular formula is C22H18N2O6S. The van der Waals surface area contributed by atoms with Crippen molar-refractivity contribution in [2.75, 3.05) is 5.73 Å². The molecule has 2 aromatic rings. The Morgan fingerprint density at radius 2 is 1.74 bits per heavy atom. The van der Waals surface area contributed by atoms with Gasteiger partial charge in [-0.25, -0.2) is 4.79 Å². The SMILES string of the molecule is Cc1cc2c(-c3ccc(C(=O)O)cc3S(=O)(=O)O)c3cc(C)c(=N)cc-3oc2cc1N. The molecular weight excluding hydrogens is 420 g/mol. The summed E-state index contributed by atoms with van der Waals surface area (Å²) in [6.07, 6.45) is 0. The second-order valence-corrected chi connectivity index (χ2v) is 8.73. The molecule has 31 heavy (non-hydrogen) atoms. The Morgan fingerprint density at radius 3 is 2.39 bits per heavy atom. The van der Waals surface area contributed by atoms with Gasteiger partial charge in [0, 0.05) is 39.9 Å². The number of nitrogens with one attached hydrogen (secondary N) is 1. The molecule has 2 aliphatic rings. The van der Waals surface area contributed by atoms with Gasteiger partial charge in [-0.15, -0.1) is 0 Å². The van der Waals surface area contributed by atoms with E-state index in [4.69, 9.17) is 15.6 Å². The monoisotopic (exact) mass is 438 g/mol. The molecule has 1 aliphatic carbocycles. The predicted octanol–water partition coefficient (Wildman–Crippen LogP) is 3.83. The summed E-state index contributed by atoms with van der Waals surface area (Å²) < 4.78 is 40.3. The molecule has 5 N–H and O–H groups in total. The molecule has 0 spiro atoms. The largest absolute Gasteiger partial charge is 0.478 e. The van der Waals surface area contributed by atoms with Crippen molar-refractivity contribution >= 4 is 32.7 Å². The Labute approximate surface area is 177 Å². The zero-order valence-electron chi connectivity index (χ0n) is 16.6. The number of nitrogen functional groups attached to an aromatic ring is 1. The average molecular weight is 438 g/mol. The number of aromatic carboxylic acids is 1. The second kappa shape index (κ2) is 6.93. The Hall–Kier alpha value is -3.69. The van der Waals surface area contributed by atoms with E-state index in [9.17, 15) is 22.9 Å². The van der Waals surface area contributed by atoms with E-state index in [2.05, 4.69) is 0 Å². The van der Waals surface area contributed by atoms with Crippen molar-refractivity contribution in [3.63, 3.8) is 0 Å². The number of carboxylic acids is 1. The first-order valence-electron chi connectivity index (χ1n) is 9.14. The molecule has 0 bridgehead atoms. The first-order valence-corrected chi connectivity index (χ1v) is 10.6. The van der Waals surface area contributed by atoms with E-state index in [0.717, 1.165) is 11.6 Å². The molecule has 2 aromatic carbocycles. The Kier molecular flexibility index (Phi) is 4.60. The third kappa shape index (κ3) is 3.43. The van der Waals surface area contributed by atoms with Gasteiger partial charge in [0.15, 0.2) is 0 Å². The number of carboxylic acid groups (broad SMARTS) is 1. The summed E-state index contributed by atoms with van der Waals surface area (Å²) in [5, 5.41) is 18.1. The lowest BCUT2D eigenvalue weighted by atomic mass is 9.91. The third-order valence-electron chi connectivity index (χ3n) is 5.23. The average Bonchev–Trinajstić information content (AvgIpc) is 2.68. The molecule has 0 amide bonds. The van der Waals surface area contributed by atoms with Crippen molar-refractivity contribution in [2.45, 2.75) is 18.7 Å². The number of benzene rings is 3. The fraction of sp³-hybridized carbons (Fsp3) is 0.0909. The summed E-state index contributed by atoms with van der Waals surface area (Å²) >= 11 is 0. The van der Waals surface area contributed by atoms with Crippen LogP contribution in [0.3, 0.4) is 0 Å². The summed E-state index contributed by atoms with van der Waals surface area (Å²) in [5.74, 6) is -1.00. The Morgan fingerprint density at radius 1 is 1.03 bits per heavy atom. The number of fused-ring (bicyclic) bond motifs is 2. The highest BCUT2D eigenvalue weighted by Crippen LogP contribution is 2.43.